The van der Waals surface area contributed by atoms with E-state index in [1.54, 1.807) is 7.11 Å². The standard InChI is InChI=1S/C14H16BrN3O/c1-4-16-14-12(15)9(2)17-13(18-14)10-7-5-6-8-11(10)19-3/h5-8H,4H2,1-3H3,(H,16,17,18). The Labute approximate surface area is 121 Å². The predicted octanol–water partition coefficient (Wildman–Crippen LogP) is 3.65. The highest BCUT2D eigenvalue weighted by Crippen LogP contribution is 2.31. The number of aromatic nitrogens is 2. The predicted molar refractivity (Wildman–Crippen MR) is 80.6 cm³/mol. The Morgan fingerprint density at radius 2 is 2.00 bits per heavy atom. The van der Waals surface area contributed by atoms with Crippen molar-refractivity contribution in [2.75, 3.05) is 19.0 Å². The van der Waals surface area contributed by atoms with Crippen molar-refractivity contribution < 1.29 is 4.74 Å². The van der Waals surface area contributed by atoms with Gasteiger partial charge >= 0.3 is 0 Å². The molecule has 0 amide bonds. The third-order valence-electron chi connectivity index (χ3n) is 2.71. The number of hydrogen-bond donors (Lipinski definition) is 1. The summed E-state index contributed by atoms with van der Waals surface area (Å²) in [5.74, 6) is 2.23. The zero-order valence-electron chi connectivity index (χ0n) is 11.2. The van der Waals surface area contributed by atoms with Gasteiger partial charge in [-0.25, -0.2) is 9.97 Å². The number of nitrogens with one attached hydrogen (secondary N) is 1. The highest BCUT2D eigenvalue weighted by Gasteiger charge is 2.13. The van der Waals surface area contributed by atoms with Crippen molar-refractivity contribution in [2.24, 2.45) is 0 Å². The van der Waals surface area contributed by atoms with Gasteiger partial charge < -0.3 is 10.1 Å². The molecule has 0 fully saturated rings. The summed E-state index contributed by atoms with van der Waals surface area (Å²) in [5.41, 5.74) is 1.78. The number of methoxy groups -OCH3 is 1. The molecule has 0 unspecified atom stereocenters. The molecular formula is C14H16BrN3O. The van der Waals surface area contributed by atoms with Crippen LogP contribution < -0.4 is 10.1 Å². The van der Waals surface area contributed by atoms with Gasteiger partial charge in [-0.15, -0.1) is 0 Å². The fourth-order valence-electron chi connectivity index (χ4n) is 1.79. The first-order chi connectivity index (χ1) is 9.17. The molecule has 0 radical (unpaired) electrons. The first kappa shape index (κ1) is 13.8. The van der Waals surface area contributed by atoms with Gasteiger partial charge in [-0.1, -0.05) is 12.1 Å². The monoisotopic (exact) mass is 321 g/mol. The number of anilines is 1. The second kappa shape index (κ2) is 6.02. The van der Waals surface area contributed by atoms with Gasteiger partial charge in [0.25, 0.3) is 0 Å². The molecule has 1 heterocycles. The molecule has 0 aliphatic heterocycles. The van der Waals surface area contributed by atoms with E-state index in [0.29, 0.717) is 5.82 Å². The van der Waals surface area contributed by atoms with Gasteiger partial charge in [-0.3, -0.25) is 0 Å². The summed E-state index contributed by atoms with van der Waals surface area (Å²) in [6.45, 7) is 4.79. The highest BCUT2D eigenvalue weighted by atomic mass is 79.9. The van der Waals surface area contributed by atoms with E-state index in [-0.39, 0.29) is 0 Å². The number of hydrogen-bond acceptors (Lipinski definition) is 4. The van der Waals surface area contributed by atoms with Gasteiger partial charge in [-0.2, -0.15) is 0 Å². The lowest BCUT2D eigenvalue weighted by Gasteiger charge is -2.12. The SMILES string of the molecule is CCNc1nc(-c2ccccc2OC)nc(C)c1Br. The molecule has 2 rings (SSSR count). The molecule has 1 aromatic carbocycles. The first-order valence-corrected chi connectivity index (χ1v) is 6.88. The zero-order chi connectivity index (χ0) is 13.8. The van der Waals surface area contributed by atoms with E-state index >= 15 is 0 Å². The molecule has 100 valence electrons. The zero-order valence-corrected chi connectivity index (χ0v) is 12.8. The van der Waals surface area contributed by atoms with Crippen LogP contribution in [0.15, 0.2) is 28.7 Å². The van der Waals surface area contributed by atoms with Crippen LogP contribution in [-0.4, -0.2) is 23.6 Å². The van der Waals surface area contributed by atoms with Crippen LogP contribution in [0.3, 0.4) is 0 Å². The molecule has 0 atom stereocenters. The van der Waals surface area contributed by atoms with Crippen LogP contribution in [0.25, 0.3) is 11.4 Å². The molecule has 0 saturated carbocycles. The quantitative estimate of drug-likeness (QED) is 0.933. The van der Waals surface area contributed by atoms with Gasteiger partial charge in [0.15, 0.2) is 5.82 Å². The minimum atomic E-state index is 0.661. The summed E-state index contributed by atoms with van der Waals surface area (Å²) in [4.78, 5) is 9.07. The minimum Gasteiger partial charge on any atom is -0.496 e. The van der Waals surface area contributed by atoms with E-state index in [4.69, 9.17) is 4.74 Å². The highest BCUT2D eigenvalue weighted by molar-refractivity contribution is 9.10. The van der Waals surface area contributed by atoms with Crippen molar-refractivity contribution in [1.29, 1.82) is 0 Å². The van der Waals surface area contributed by atoms with Gasteiger partial charge in [0, 0.05) is 6.54 Å². The molecule has 1 N–H and O–H groups in total. The van der Waals surface area contributed by atoms with Crippen LogP contribution in [0.1, 0.15) is 12.6 Å². The van der Waals surface area contributed by atoms with Gasteiger partial charge in [0.05, 0.1) is 22.8 Å². The Morgan fingerprint density at radius 1 is 1.26 bits per heavy atom. The number of halogens is 1. The topological polar surface area (TPSA) is 47.0 Å². The van der Waals surface area contributed by atoms with E-state index in [1.807, 2.05) is 38.1 Å². The second-order valence-corrected chi connectivity index (χ2v) is 4.82. The number of aryl methyl sites for hydroxylation is 1. The van der Waals surface area contributed by atoms with Crippen LogP contribution in [0.4, 0.5) is 5.82 Å². The normalized spacial score (nSPS) is 10.3. The number of nitrogens with zero attached hydrogens (tertiary/aromatic N) is 2. The van der Waals surface area contributed by atoms with Crippen molar-refractivity contribution >= 4 is 21.7 Å². The first-order valence-electron chi connectivity index (χ1n) is 6.08. The van der Waals surface area contributed by atoms with Crippen LogP contribution >= 0.6 is 15.9 Å². The van der Waals surface area contributed by atoms with E-state index < -0.39 is 0 Å². The molecular weight excluding hydrogens is 306 g/mol. The maximum Gasteiger partial charge on any atom is 0.165 e. The Balaban J connectivity index is 2.56. The lowest BCUT2D eigenvalue weighted by Crippen LogP contribution is -2.05. The molecule has 2 aromatic rings. The summed E-state index contributed by atoms with van der Waals surface area (Å²) in [6, 6.07) is 7.74. The van der Waals surface area contributed by atoms with Crippen molar-refractivity contribution in [3.05, 3.63) is 34.4 Å². The summed E-state index contributed by atoms with van der Waals surface area (Å²) in [5, 5.41) is 3.23. The average Bonchev–Trinajstić information content (AvgIpc) is 2.43. The van der Waals surface area contributed by atoms with E-state index in [1.165, 1.54) is 0 Å². The van der Waals surface area contributed by atoms with Crippen LogP contribution in [0, 0.1) is 6.92 Å². The maximum atomic E-state index is 5.36. The molecule has 19 heavy (non-hydrogen) atoms. The molecule has 0 bridgehead atoms. The van der Waals surface area contributed by atoms with Gasteiger partial charge in [-0.05, 0) is 41.9 Å². The fourth-order valence-corrected chi connectivity index (χ4v) is 2.11. The number of ether oxygens (including phenoxy) is 1. The summed E-state index contributed by atoms with van der Waals surface area (Å²) >= 11 is 3.50. The van der Waals surface area contributed by atoms with E-state index in [2.05, 4.69) is 31.2 Å². The number of benzene rings is 1. The number of rotatable bonds is 4. The van der Waals surface area contributed by atoms with Gasteiger partial charge in [0.2, 0.25) is 0 Å². The molecule has 4 nitrogen and oxygen atoms in total. The Hall–Kier alpha value is -1.62. The smallest absolute Gasteiger partial charge is 0.165 e. The molecule has 0 spiro atoms. The third-order valence-corrected chi connectivity index (χ3v) is 3.66. The van der Waals surface area contributed by atoms with Crippen molar-refractivity contribution in [3.63, 3.8) is 0 Å². The van der Waals surface area contributed by atoms with E-state index in [9.17, 15) is 0 Å². The minimum absolute atomic E-state index is 0.661. The largest absolute Gasteiger partial charge is 0.496 e. The third kappa shape index (κ3) is 2.87. The van der Waals surface area contributed by atoms with Crippen LogP contribution in [0.2, 0.25) is 0 Å². The Bertz CT molecular complexity index is 587. The molecule has 1 aromatic heterocycles. The lowest BCUT2D eigenvalue weighted by molar-refractivity contribution is 0.416. The fraction of sp³-hybridized carbons (Fsp3) is 0.286. The molecule has 0 saturated heterocycles. The van der Waals surface area contributed by atoms with E-state index in [0.717, 1.165) is 33.8 Å². The van der Waals surface area contributed by atoms with Crippen molar-refractivity contribution in [2.45, 2.75) is 13.8 Å². The average molecular weight is 322 g/mol. The van der Waals surface area contributed by atoms with Crippen LogP contribution in [-0.2, 0) is 0 Å². The lowest BCUT2D eigenvalue weighted by atomic mass is 10.2. The van der Waals surface area contributed by atoms with Gasteiger partial charge in [0.1, 0.15) is 11.6 Å². The Kier molecular flexibility index (Phi) is 4.37. The second-order valence-electron chi connectivity index (χ2n) is 4.03. The Morgan fingerprint density at radius 3 is 2.68 bits per heavy atom. The summed E-state index contributed by atoms with van der Waals surface area (Å²) in [7, 11) is 1.65. The summed E-state index contributed by atoms with van der Waals surface area (Å²) < 4.78 is 6.25. The van der Waals surface area contributed by atoms with Crippen molar-refractivity contribution in [1.82, 2.24) is 9.97 Å². The molecule has 0 aliphatic carbocycles. The van der Waals surface area contributed by atoms with Crippen molar-refractivity contribution in [3.8, 4) is 17.1 Å². The maximum absolute atomic E-state index is 5.36. The summed E-state index contributed by atoms with van der Waals surface area (Å²) in [6.07, 6.45) is 0. The molecule has 0 aliphatic rings. The molecule has 5 heteroatoms. The van der Waals surface area contributed by atoms with Crippen LogP contribution in [0.5, 0.6) is 5.75 Å². The number of para-hydroxylation sites is 1.